The number of nitrogens with zero attached hydrogens (tertiary/aromatic N) is 4. The van der Waals surface area contributed by atoms with Crippen LogP contribution in [0.5, 0.6) is 0 Å². The zero-order valence-electron chi connectivity index (χ0n) is 10.1. The predicted molar refractivity (Wildman–Crippen MR) is 64.6 cm³/mol. The molecule has 88 valence electrons. The lowest BCUT2D eigenvalue weighted by Gasteiger charge is -2.24. The Labute approximate surface area is 100 Å². The summed E-state index contributed by atoms with van der Waals surface area (Å²) in [6.07, 6.45) is 6.84. The van der Waals surface area contributed by atoms with Crippen LogP contribution in [-0.2, 0) is 0 Å². The smallest absolute Gasteiger partial charge is 0.320 e. The van der Waals surface area contributed by atoms with E-state index in [4.69, 9.17) is 6.42 Å². The Hall–Kier alpha value is -2.09. The molecule has 0 unspecified atom stereocenters. The van der Waals surface area contributed by atoms with E-state index in [0.29, 0.717) is 18.2 Å². The molecule has 2 rings (SSSR count). The number of terminal acetylenes is 1. The van der Waals surface area contributed by atoms with Gasteiger partial charge in [-0.1, -0.05) is 5.92 Å². The fraction of sp³-hybridized carbons (Fsp3) is 0.417. The number of hydrogen-bond donors (Lipinski definition) is 0. The van der Waals surface area contributed by atoms with E-state index in [1.807, 2.05) is 13.8 Å². The molecule has 1 aromatic heterocycles. The van der Waals surface area contributed by atoms with Crippen molar-refractivity contribution in [1.29, 1.82) is 0 Å². The summed E-state index contributed by atoms with van der Waals surface area (Å²) in [6.45, 7) is 4.54. The van der Waals surface area contributed by atoms with Crippen LogP contribution in [-0.4, -0.2) is 40.0 Å². The Balaban J connectivity index is 2.36. The van der Waals surface area contributed by atoms with Gasteiger partial charge < -0.3 is 4.90 Å². The van der Waals surface area contributed by atoms with Crippen LogP contribution in [0.2, 0.25) is 0 Å². The van der Waals surface area contributed by atoms with E-state index in [9.17, 15) is 4.79 Å². The molecule has 0 radical (unpaired) electrons. The molecule has 1 saturated heterocycles. The molecule has 1 aromatic rings. The molecule has 1 aliphatic heterocycles. The summed E-state index contributed by atoms with van der Waals surface area (Å²) >= 11 is 0. The van der Waals surface area contributed by atoms with Gasteiger partial charge in [0, 0.05) is 13.2 Å². The molecule has 17 heavy (non-hydrogen) atoms. The Morgan fingerprint density at radius 3 is 2.76 bits per heavy atom. The highest BCUT2D eigenvalue weighted by Crippen LogP contribution is 2.26. The van der Waals surface area contributed by atoms with Crippen molar-refractivity contribution in [3.8, 4) is 12.3 Å². The highest BCUT2D eigenvalue weighted by atomic mass is 16.2. The van der Waals surface area contributed by atoms with Crippen LogP contribution >= 0.6 is 0 Å². The van der Waals surface area contributed by atoms with Crippen molar-refractivity contribution in [3.63, 3.8) is 0 Å². The van der Waals surface area contributed by atoms with Gasteiger partial charge in [0.1, 0.15) is 5.69 Å². The number of amides is 2. The van der Waals surface area contributed by atoms with Gasteiger partial charge in [0.25, 0.3) is 0 Å². The Kier molecular flexibility index (Phi) is 2.50. The quantitative estimate of drug-likeness (QED) is 0.679. The summed E-state index contributed by atoms with van der Waals surface area (Å²) < 4.78 is 0. The monoisotopic (exact) mass is 230 g/mol. The van der Waals surface area contributed by atoms with Crippen molar-refractivity contribution in [2.24, 2.45) is 0 Å². The van der Waals surface area contributed by atoms with Crippen molar-refractivity contribution in [3.05, 3.63) is 18.0 Å². The lowest BCUT2D eigenvalue weighted by atomic mass is 10.1. The van der Waals surface area contributed by atoms with E-state index in [1.165, 1.54) is 0 Å². The summed E-state index contributed by atoms with van der Waals surface area (Å²) in [5, 5.41) is 0. The van der Waals surface area contributed by atoms with Gasteiger partial charge in [-0.3, -0.25) is 4.90 Å². The van der Waals surface area contributed by atoms with Gasteiger partial charge in [-0.2, -0.15) is 0 Å². The molecule has 2 amide bonds. The fourth-order valence-electron chi connectivity index (χ4n) is 1.72. The molecule has 5 heteroatoms. The topological polar surface area (TPSA) is 49.3 Å². The molecule has 0 atom stereocenters. The zero-order chi connectivity index (χ0) is 12.6. The van der Waals surface area contributed by atoms with E-state index < -0.39 is 0 Å². The van der Waals surface area contributed by atoms with Gasteiger partial charge in [-0.15, -0.1) is 6.42 Å². The second-order valence-electron chi connectivity index (χ2n) is 4.63. The zero-order valence-corrected chi connectivity index (χ0v) is 10.1. The first-order valence-corrected chi connectivity index (χ1v) is 5.31. The van der Waals surface area contributed by atoms with Crippen molar-refractivity contribution >= 4 is 12.0 Å². The summed E-state index contributed by atoms with van der Waals surface area (Å²) in [5.74, 6) is 2.80. The molecule has 0 bridgehead atoms. The van der Waals surface area contributed by atoms with Crippen molar-refractivity contribution in [2.45, 2.75) is 19.4 Å². The summed E-state index contributed by atoms with van der Waals surface area (Å²) in [5.41, 5.74) is 0.252. The van der Waals surface area contributed by atoms with E-state index in [2.05, 4.69) is 15.9 Å². The highest BCUT2D eigenvalue weighted by Gasteiger charge is 2.42. The second kappa shape index (κ2) is 3.74. The minimum absolute atomic E-state index is 0.107. The maximum Gasteiger partial charge on any atom is 0.327 e. The Morgan fingerprint density at radius 1 is 1.53 bits per heavy atom. The number of rotatable bonds is 1. The molecule has 0 spiro atoms. The number of carbonyl (C=O) groups excluding carboxylic acids is 1. The molecular weight excluding hydrogens is 216 g/mol. The minimum Gasteiger partial charge on any atom is -0.320 e. The van der Waals surface area contributed by atoms with E-state index in [-0.39, 0.29) is 11.6 Å². The van der Waals surface area contributed by atoms with Gasteiger partial charge in [0.05, 0.1) is 12.1 Å². The molecule has 0 aromatic carbocycles. The van der Waals surface area contributed by atoms with Crippen LogP contribution in [0.1, 0.15) is 19.5 Å². The predicted octanol–water partition coefficient (Wildman–Crippen LogP) is 1.11. The molecular formula is C12H14N4O. The molecule has 2 heterocycles. The second-order valence-corrected chi connectivity index (χ2v) is 4.63. The first kappa shape index (κ1) is 11.4. The molecule has 0 N–H and O–H groups in total. The van der Waals surface area contributed by atoms with Crippen LogP contribution in [0.25, 0.3) is 0 Å². The number of aromatic nitrogens is 2. The standard InChI is InChI=1S/C12H14N4O/c1-5-9-6-7-13-10(14-9)16-8-12(2,3)15(4)11(16)17/h1,6-7H,8H2,2-4H3. The van der Waals surface area contributed by atoms with E-state index >= 15 is 0 Å². The first-order valence-electron chi connectivity index (χ1n) is 5.31. The summed E-state index contributed by atoms with van der Waals surface area (Å²) in [7, 11) is 1.77. The van der Waals surface area contributed by atoms with E-state index in [1.54, 1.807) is 29.1 Å². The molecule has 5 nitrogen and oxygen atoms in total. The van der Waals surface area contributed by atoms with Crippen LogP contribution < -0.4 is 4.90 Å². The van der Waals surface area contributed by atoms with Crippen molar-refractivity contribution in [2.75, 3.05) is 18.5 Å². The van der Waals surface area contributed by atoms with Gasteiger partial charge in [-0.05, 0) is 19.9 Å². The summed E-state index contributed by atoms with van der Waals surface area (Å²) in [6, 6.07) is 1.53. The molecule has 0 saturated carbocycles. The average Bonchev–Trinajstić information content (AvgIpc) is 2.53. The molecule has 1 aliphatic rings. The first-order chi connectivity index (χ1) is 7.95. The molecule has 0 aliphatic carbocycles. The van der Waals surface area contributed by atoms with Gasteiger partial charge in [-0.25, -0.2) is 14.8 Å². The van der Waals surface area contributed by atoms with Gasteiger partial charge in [0.2, 0.25) is 5.95 Å². The largest absolute Gasteiger partial charge is 0.327 e. The minimum atomic E-state index is -0.230. The van der Waals surface area contributed by atoms with E-state index in [0.717, 1.165) is 0 Å². The third-order valence-electron chi connectivity index (χ3n) is 3.00. The number of hydrogen-bond acceptors (Lipinski definition) is 3. The van der Waals surface area contributed by atoms with Gasteiger partial charge in [0.15, 0.2) is 0 Å². The van der Waals surface area contributed by atoms with Crippen LogP contribution in [0.4, 0.5) is 10.7 Å². The molecule has 1 fully saturated rings. The average molecular weight is 230 g/mol. The van der Waals surface area contributed by atoms with Crippen molar-refractivity contribution < 1.29 is 4.79 Å². The van der Waals surface area contributed by atoms with Crippen LogP contribution in [0.3, 0.4) is 0 Å². The number of urea groups is 1. The maximum atomic E-state index is 12.0. The van der Waals surface area contributed by atoms with Gasteiger partial charge >= 0.3 is 6.03 Å². The lowest BCUT2D eigenvalue weighted by molar-refractivity contribution is 0.198. The lowest BCUT2D eigenvalue weighted by Crippen LogP contribution is -2.38. The van der Waals surface area contributed by atoms with Crippen LogP contribution in [0, 0.1) is 12.3 Å². The maximum absolute atomic E-state index is 12.0. The fourth-order valence-corrected chi connectivity index (χ4v) is 1.72. The third kappa shape index (κ3) is 1.82. The summed E-state index contributed by atoms with van der Waals surface area (Å²) in [4.78, 5) is 23.5. The SMILES string of the molecule is C#Cc1ccnc(N2CC(C)(C)N(C)C2=O)n1. The number of carbonyl (C=O) groups is 1. The Bertz CT molecular complexity index is 503. The van der Waals surface area contributed by atoms with Crippen molar-refractivity contribution in [1.82, 2.24) is 14.9 Å². The third-order valence-corrected chi connectivity index (χ3v) is 3.00. The number of likely N-dealkylation sites (N-methyl/N-ethyl adjacent to an activating group) is 1. The normalized spacial score (nSPS) is 18.4. The highest BCUT2D eigenvalue weighted by molar-refractivity contribution is 5.93. The Morgan fingerprint density at radius 2 is 2.24 bits per heavy atom. The number of anilines is 1. The van der Waals surface area contributed by atoms with Crippen LogP contribution in [0.15, 0.2) is 12.3 Å².